The van der Waals surface area contributed by atoms with E-state index in [-0.39, 0.29) is 12.5 Å². The molecule has 0 spiro atoms. The molecule has 0 bridgehead atoms. The summed E-state index contributed by atoms with van der Waals surface area (Å²) in [6.07, 6.45) is 0.717. The average Bonchev–Trinajstić information content (AvgIpc) is 2.70. The van der Waals surface area contributed by atoms with Crippen molar-refractivity contribution in [3.05, 3.63) is 80.5 Å². The first-order valence-corrected chi connectivity index (χ1v) is 9.47. The average molecular weight is 405 g/mol. The summed E-state index contributed by atoms with van der Waals surface area (Å²) in [4.78, 5) is 35.0. The zero-order valence-corrected chi connectivity index (χ0v) is 16.5. The van der Waals surface area contributed by atoms with Gasteiger partial charge in [-0.2, -0.15) is 0 Å². The molecule has 0 radical (unpaired) electrons. The van der Waals surface area contributed by atoms with Crippen molar-refractivity contribution in [2.75, 3.05) is 5.32 Å². The Bertz CT molecular complexity index is 1380. The zero-order valence-electron chi connectivity index (χ0n) is 16.5. The monoisotopic (exact) mass is 405 g/mol. The first-order chi connectivity index (χ1) is 14.4. The number of hydrogen-bond acceptors (Lipinski definition) is 6. The van der Waals surface area contributed by atoms with Gasteiger partial charge >= 0.3 is 11.3 Å². The molecule has 4 aromatic rings. The Labute approximate surface area is 170 Å². The minimum absolute atomic E-state index is 0.116. The van der Waals surface area contributed by atoms with Crippen molar-refractivity contribution < 1.29 is 18.4 Å². The largest absolute Gasteiger partial charge is 0.489 e. The van der Waals surface area contributed by atoms with Gasteiger partial charge in [0.15, 0.2) is 0 Å². The highest BCUT2D eigenvalue weighted by Gasteiger charge is 2.10. The number of benzene rings is 2. The zero-order chi connectivity index (χ0) is 21.3. The Morgan fingerprint density at radius 2 is 1.53 bits per heavy atom. The molecule has 0 atom stereocenters. The maximum Gasteiger partial charge on any atom is 0.336 e. The highest BCUT2D eigenvalue weighted by molar-refractivity contribution is 5.92. The molecular weight excluding hydrogens is 386 g/mol. The predicted octanol–water partition coefficient (Wildman–Crippen LogP) is 4.00. The smallest absolute Gasteiger partial charge is 0.336 e. The van der Waals surface area contributed by atoms with Crippen LogP contribution in [0.3, 0.4) is 0 Å². The van der Waals surface area contributed by atoms with Gasteiger partial charge < -0.3 is 18.9 Å². The third-order valence-corrected chi connectivity index (χ3v) is 4.73. The van der Waals surface area contributed by atoms with Crippen molar-refractivity contribution in [1.29, 1.82) is 0 Å². The number of amides is 1. The number of nitrogens with one attached hydrogen (secondary N) is 1. The van der Waals surface area contributed by atoms with Gasteiger partial charge in [0.25, 0.3) is 0 Å². The van der Waals surface area contributed by atoms with E-state index in [0.29, 0.717) is 40.0 Å². The second-order valence-corrected chi connectivity index (χ2v) is 6.87. The van der Waals surface area contributed by atoms with E-state index in [0.717, 1.165) is 10.9 Å². The Hall–Kier alpha value is -3.87. The highest BCUT2D eigenvalue weighted by atomic mass is 16.5. The van der Waals surface area contributed by atoms with Gasteiger partial charge in [0.05, 0.1) is 0 Å². The Balaban J connectivity index is 1.65. The molecule has 2 aromatic heterocycles. The van der Waals surface area contributed by atoms with Gasteiger partial charge in [-0.1, -0.05) is 6.92 Å². The molecule has 7 heteroatoms. The Kier molecular flexibility index (Phi) is 5.10. The number of rotatable bonds is 5. The van der Waals surface area contributed by atoms with E-state index in [1.165, 1.54) is 19.1 Å². The van der Waals surface area contributed by atoms with Crippen LogP contribution >= 0.6 is 0 Å². The van der Waals surface area contributed by atoms with Gasteiger partial charge in [-0.25, -0.2) is 9.59 Å². The summed E-state index contributed by atoms with van der Waals surface area (Å²) in [5.74, 6) is 0.292. The fraction of sp³-hybridized carbons (Fsp3) is 0.174. The number of carbonyl (C=O) groups excluding carboxylic acids is 1. The lowest BCUT2D eigenvalue weighted by molar-refractivity contribution is -0.114. The van der Waals surface area contributed by atoms with Gasteiger partial charge in [-0.3, -0.25) is 4.79 Å². The normalized spacial score (nSPS) is 11.0. The Morgan fingerprint density at radius 1 is 0.900 bits per heavy atom. The number of fused-ring (bicyclic) bond motifs is 2. The number of aryl methyl sites for hydroxylation is 1. The second kappa shape index (κ2) is 7.87. The molecule has 0 unspecified atom stereocenters. The van der Waals surface area contributed by atoms with Gasteiger partial charge in [-0.05, 0) is 36.2 Å². The summed E-state index contributed by atoms with van der Waals surface area (Å²) in [5.41, 5.74) is 1.97. The van der Waals surface area contributed by atoms with Crippen molar-refractivity contribution in [2.24, 2.45) is 0 Å². The van der Waals surface area contributed by atoms with Crippen LogP contribution in [0.5, 0.6) is 5.75 Å². The molecule has 7 nitrogen and oxygen atoms in total. The van der Waals surface area contributed by atoms with E-state index >= 15 is 0 Å². The minimum atomic E-state index is -0.516. The number of anilines is 1. The van der Waals surface area contributed by atoms with Crippen LogP contribution in [0.15, 0.2) is 67.0 Å². The number of hydrogen-bond donors (Lipinski definition) is 1. The van der Waals surface area contributed by atoms with Crippen LogP contribution in [0.1, 0.15) is 25.0 Å². The second-order valence-electron chi connectivity index (χ2n) is 6.87. The number of carbonyl (C=O) groups is 1. The van der Waals surface area contributed by atoms with Gasteiger partial charge in [0, 0.05) is 53.2 Å². The molecule has 152 valence electrons. The first kappa shape index (κ1) is 19.4. The molecule has 30 heavy (non-hydrogen) atoms. The third-order valence-electron chi connectivity index (χ3n) is 4.73. The summed E-state index contributed by atoms with van der Waals surface area (Å²) < 4.78 is 16.4. The van der Waals surface area contributed by atoms with Crippen molar-refractivity contribution in [1.82, 2.24) is 0 Å². The van der Waals surface area contributed by atoms with Crippen LogP contribution in [0.2, 0.25) is 0 Å². The molecule has 0 saturated carbocycles. The standard InChI is InChI=1S/C23H19NO6/c1-3-14-8-22(26)30-21-11-17(5-7-18(14)21)28-12-15-9-23(27)29-20-10-16(24-13(2)25)4-6-19(15)20/h4-11H,3,12H2,1-2H3,(H,24,25). The topological polar surface area (TPSA) is 98.8 Å². The van der Waals surface area contributed by atoms with Crippen LogP contribution in [-0.2, 0) is 17.8 Å². The summed E-state index contributed by atoms with van der Waals surface area (Å²) in [6.45, 7) is 3.49. The minimum Gasteiger partial charge on any atom is -0.489 e. The van der Waals surface area contributed by atoms with Crippen LogP contribution in [0.25, 0.3) is 21.9 Å². The van der Waals surface area contributed by atoms with E-state index in [1.54, 1.807) is 30.3 Å². The summed E-state index contributed by atoms with van der Waals surface area (Å²) in [6, 6.07) is 13.3. The van der Waals surface area contributed by atoms with Gasteiger partial charge in [0.2, 0.25) is 5.91 Å². The molecule has 4 rings (SSSR count). The quantitative estimate of drug-likeness (QED) is 0.504. The van der Waals surface area contributed by atoms with E-state index in [2.05, 4.69) is 5.32 Å². The fourth-order valence-electron chi connectivity index (χ4n) is 3.38. The molecule has 0 aliphatic heterocycles. The highest BCUT2D eigenvalue weighted by Crippen LogP contribution is 2.26. The fourth-order valence-corrected chi connectivity index (χ4v) is 3.38. The van der Waals surface area contributed by atoms with Crippen molar-refractivity contribution in [3.63, 3.8) is 0 Å². The van der Waals surface area contributed by atoms with Crippen LogP contribution in [-0.4, -0.2) is 5.91 Å². The van der Waals surface area contributed by atoms with E-state index < -0.39 is 11.3 Å². The first-order valence-electron chi connectivity index (χ1n) is 9.47. The van der Waals surface area contributed by atoms with Crippen molar-refractivity contribution in [3.8, 4) is 5.75 Å². The van der Waals surface area contributed by atoms with Crippen LogP contribution in [0.4, 0.5) is 5.69 Å². The van der Waals surface area contributed by atoms with Crippen molar-refractivity contribution >= 4 is 33.5 Å². The molecule has 2 aromatic carbocycles. The van der Waals surface area contributed by atoms with Crippen LogP contribution < -0.4 is 21.3 Å². The van der Waals surface area contributed by atoms with E-state index in [9.17, 15) is 14.4 Å². The summed E-state index contributed by atoms with van der Waals surface area (Å²) in [7, 11) is 0. The molecule has 1 N–H and O–H groups in total. The SMILES string of the molecule is CCc1cc(=O)oc2cc(OCc3cc(=O)oc4cc(NC(C)=O)ccc34)ccc12. The van der Waals surface area contributed by atoms with Crippen molar-refractivity contribution in [2.45, 2.75) is 26.9 Å². The molecular formula is C23H19NO6. The third kappa shape index (κ3) is 3.96. The maximum absolute atomic E-state index is 12.0. The number of ether oxygens (including phenoxy) is 1. The predicted molar refractivity (Wildman–Crippen MR) is 113 cm³/mol. The Morgan fingerprint density at radius 3 is 2.23 bits per heavy atom. The van der Waals surface area contributed by atoms with E-state index in [1.807, 2.05) is 13.0 Å². The lowest BCUT2D eigenvalue weighted by atomic mass is 10.1. The summed E-state index contributed by atoms with van der Waals surface area (Å²) >= 11 is 0. The van der Waals surface area contributed by atoms with Gasteiger partial charge in [0.1, 0.15) is 23.5 Å². The molecule has 0 fully saturated rings. The summed E-state index contributed by atoms with van der Waals surface area (Å²) in [5, 5.41) is 4.22. The maximum atomic E-state index is 12.0. The molecule has 0 saturated heterocycles. The molecule has 0 aliphatic carbocycles. The molecule has 1 amide bonds. The lowest BCUT2D eigenvalue weighted by Crippen LogP contribution is -2.07. The van der Waals surface area contributed by atoms with Gasteiger partial charge in [-0.15, -0.1) is 0 Å². The molecule has 0 aliphatic rings. The molecule has 2 heterocycles. The van der Waals surface area contributed by atoms with Crippen LogP contribution in [0, 0.1) is 0 Å². The van der Waals surface area contributed by atoms with E-state index in [4.69, 9.17) is 13.6 Å². The lowest BCUT2D eigenvalue weighted by Gasteiger charge is -2.10.